The summed E-state index contributed by atoms with van der Waals surface area (Å²) in [6, 6.07) is 7.55. The molecule has 2 rings (SSSR count). The molecule has 1 aromatic carbocycles. The van der Waals surface area contributed by atoms with Gasteiger partial charge in [-0.25, -0.2) is 0 Å². The molecule has 138 valence electrons. The number of rotatable bonds is 6. The standard InChI is InChI=1S/C19H27N3O2.ClH/c1-13(2)10-16(12-20)21-19(24)11-18-17-7-5-4-6-15(17)8-9-22(18)14(3)23;/h4-9,13,16,18H,10-12,20H2,1-3H3,(H,21,24);1H. The predicted molar refractivity (Wildman–Crippen MR) is 103 cm³/mol. The third-order valence-corrected chi connectivity index (χ3v) is 4.25. The molecule has 1 aromatic rings. The summed E-state index contributed by atoms with van der Waals surface area (Å²) in [4.78, 5) is 26.1. The first kappa shape index (κ1) is 21.2. The second-order valence-corrected chi connectivity index (χ2v) is 6.72. The lowest BCUT2D eigenvalue weighted by atomic mass is 9.93. The Morgan fingerprint density at radius 2 is 1.96 bits per heavy atom. The number of fused-ring (bicyclic) bond motifs is 1. The fraction of sp³-hybridized carbons (Fsp3) is 0.474. The summed E-state index contributed by atoms with van der Waals surface area (Å²) >= 11 is 0. The SMILES string of the molecule is CC(=O)N1C=Cc2ccccc2C1CC(=O)NC(CN)CC(C)C.Cl. The lowest BCUT2D eigenvalue weighted by Gasteiger charge is -2.32. The van der Waals surface area contributed by atoms with Gasteiger partial charge >= 0.3 is 0 Å². The summed E-state index contributed by atoms with van der Waals surface area (Å²) in [7, 11) is 0. The van der Waals surface area contributed by atoms with Crippen molar-refractivity contribution in [2.45, 2.75) is 45.7 Å². The molecule has 0 aliphatic carbocycles. The van der Waals surface area contributed by atoms with E-state index in [1.807, 2.05) is 30.3 Å². The van der Waals surface area contributed by atoms with Crippen LogP contribution in [0.3, 0.4) is 0 Å². The zero-order valence-corrected chi connectivity index (χ0v) is 15.9. The third kappa shape index (κ3) is 5.58. The Morgan fingerprint density at radius 1 is 1.28 bits per heavy atom. The van der Waals surface area contributed by atoms with E-state index in [0.29, 0.717) is 12.5 Å². The molecule has 1 aliphatic heterocycles. The van der Waals surface area contributed by atoms with E-state index < -0.39 is 0 Å². The van der Waals surface area contributed by atoms with Gasteiger partial charge in [-0.15, -0.1) is 12.4 Å². The number of nitrogens with zero attached hydrogens (tertiary/aromatic N) is 1. The van der Waals surface area contributed by atoms with Gasteiger partial charge in [-0.05, 0) is 29.5 Å². The number of hydrogen-bond donors (Lipinski definition) is 2. The van der Waals surface area contributed by atoms with Gasteiger partial charge in [0.2, 0.25) is 11.8 Å². The molecule has 1 heterocycles. The predicted octanol–water partition coefficient (Wildman–Crippen LogP) is 2.86. The Morgan fingerprint density at radius 3 is 2.56 bits per heavy atom. The van der Waals surface area contributed by atoms with Crippen LogP contribution in [0.15, 0.2) is 30.5 Å². The first-order chi connectivity index (χ1) is 11.4. The maximum Gasteiger partial charge on any atom is 0.223 e. The van der Waals surface area contributed by atoms with Crippen molar-refractivity contribution < 1.29 is 9.59 Å². The lowest BCUT2D eigenvalue weighted by molar-refractivity contribution is -0.130. The Bertz CT molecular complexity index is 631. The molecule has 2 amide bonds. The van der Waals surface area contributed by atoms with Crippen molar-refractivity contribution in [2.24, 2.45) is 11.7 Å². The molecule has 0 saturated carbocycles. The summed E-state index contributed by atoms with van der Waals surface area (Å²) < 4.78 is 0. The minimum absolute atomic E-state index is 0. The molecule has 0 radical (unpaired) electrons. The highest BCUT2D eigenvalue weighted by atomic mass is 35.5. The van der Waals surface area contributed by atoms with Crippen molar-refractivity contribution >= 4 is 30.3 Å². The van der Waals surface area contributed by atoms with Crippen molar-refractivity contribution in [3.63, 3.8) is 0 Å². The highest BCUT2D eigenvalue weighted by molar-refractivity contribution is 5.85. The van der Waals surface area contributed by atoms with Gasteiger partial charge < -0.3 is 16.0 Å². The number of halogens is 1. The molecule has 3 N–H and O–H groups in total. The lowest BCUT2D eigenvalue weighted by Crippen LogP contribution is -2.43. The van der Waals surface area contributed by atoms with Crippen LogP contribution >= 0.6 is 12.4 Å². The number of nitrogens with one attached hydrogen (secondary N) is 1. The van der Waals surface area contributed by atoms with Gasteiger partial charge in [-0.1, -0.05) is 38.1 Å². The highest BCUT2D eigenvalue weighted by Gasteiger charge is 2.28. The zero-order valence-electron chi connectivity index (χ0n) is 15.1. The summed E-state index contributed by atoms with van der Waals surface area (Å²) in [6.45, 7) is 6.15. The average Bonchev–Trinajstić information content (AvgIpc) is 2.53. The Labute approximate surface area is 156 Å². The summed E-state index contributed by atoms with van der Waals surface area (Å²) in [5.41, 5.74) is 7.81. The smallest absolute Gasteiger partial charge is 0.223 e. The third-order valence-electron chi connectivity index (χ3n) is 4.25. The average molecular weight is 366 g/mol. The maximum absolute atomic E-state index is 12.5. The number of carbonyl (C=O) groups is 2. The second kappa shape index (κ2) is 9.59. The van der Waals surface area contributed by atoms with E-state index in [1.165, 1.54) is 6.92 Å². The van der Waals surface area contributed by atoms with Crippen molar-refractivity contribution in [3.05, 3.63) is 41.6 Å². The second-order valence-electron chi connectivity index (χ2n) is 6.72. The van der Waals surface area contributed by atoms with Gasteiger partial charge in [0, 0.05) is 25.7 Å². The largest absolute Gasteiger partial charge is 0.352 e. The summed E-state index contributed by atoms with van der Waals surface area (Å²) in [6.07, 6.45) is 4.75. The number of benzene rings is 1. The van der Waals surface area contributed by atoms with Crippen LogP contribution in [0.1, 0.15) is 50.8 Å². The van der Waals surface area contributed by atoms with Crippen molar-refractivity contribution in [1.82, 2.24) is 10.2 Å². The van der Waals surface area contributed by atoms with Crippen LogP contribution in [-0.2, 0) is 9.59 Å². The van der Waals surface area contributed by atoms with Crippen LogP contribution in [0.4, 0.5) is 0 Å². The molecule has 0 saturated heterocycles. The van der Waals surface area contributed by atoms with Gasteiger partial charge in [0.25, 0.3) is 0 Å². The van der Waals surface area contributed by atoms with Crippen LogP contribution in [0.5, 0.6) is 0 Å². The molecule has 2 atom stereocenters. The summed E-state index contributed by atoms with van der Waals surface area (Å²) in [5, 5.41) is 3.01. The Hall–Kier alpha value is -1.85. The van der Waals surface area contributed by atoms with E-state index in [0.717, 1.165) is 17.5 Å². The van der Waals surface area contributed by atoms with Gasteiger partial charge in [0.05, 0.1) is 12.5 Å². The first-order valence-corrected chi connectivity index (χ1v) is 8.47. The van der Waals surface area contributed by atoms with Crippen molar-refractivity contribution in [3.8, 4) is 0 Å². The van der Waals surface area contributed by atoms with Crippen molar-refractivity contribution in [1.29, 1.82) is 0 Å². The first-order valence-electron chi connectivity index (χ1n) is 8.47. The van der Waals surface area contributed by atoms with Crippen LogP contribution < -0.4 is 11.1 Å². The Balaban J connectivity index is 0.00000312. The molecule has 0 fully saturated rings. The van der Waals surface area contributed by atoms with Crippen molar-refractivity contribution in [2.75, 3.05) is 6.54 Å². The maximum atomic E-state index is 12.5. The molecule has 6 heteroatoms. The quantitative estimate of drug-likeness (QED) is 0.813. The molecule has 0 aromatic heterocycles. The Kier molecular flexibility index (Phi) is 8.13. The highest BCUT2D eigenvalue weighted by Crippen LogP contribution is 2.32. The van der Waals surface area contributed by atoms with E-state index in [2.05, 4.69) is 19.2 Å². The molecule has 25 heavy (non-hydrogen) atoms. The number of amides is 2. The number of nitrogens with two attached hydrogens (primary N) is 1. The van der Waals surface area contributed by atoms with E-state index in [4.69, 9.17) is 5.73 Å². The molecular weight excluding hydrogens is 338 g/mol. The van der Waals surface area contributed by atoms with E-state index in [-0.39, 0.29) is 42.7 Å². The van der Waals surface area contributed by atoms with Crippen LogP contribution in [-0.4, -0.2) is 29.3 Å². The van der Waals surface area contributed by atoms with Crippen LogP contribution in [0, 0.1) is 5.92 Å². The van der Waals surface area contributed by atoms with Gasteiger partial charge in [-0.3, -0.25) is 9.59 Å². The van der Waals surface area contributed by atoms with Gasteiger partial charge in [0.1, 0.15) is 0 Å². The van der Waals surface area contributed by atoms with E-state index in [9.17, 15) is 9.59 Å². The number of hydrogen-bond acceptors (Lipinski definition) is 3. The fourth-order valence-electron chi connectivity index (χ4n) is 3.16. The fourth-order valence-corrected chi connectivity index (χ4v) is 3.16. The van der Waals surface area contributed by atoms with Crippen LogP contribution in [0.25, 0.3) is 6.08 Å². The summed E-state index contributed by atoms with van der Waals surface area (Å²) in [5.74, 6) is 0.314. The normalized spacial score (nSPS) is 16.8. The van der Waals surface area contributed by atoms with E-state index in [1.54, 1.807) is 11.1 Å². The molecule has 0 spiro atoms. The minimum atomic E-state index is -0.277. The molecule has 2 unspecified atom stereocenters. The molecule has 5 nitrogen and oxygen atoms in total. The molecule has 1 aliphatic rings. The zero-order chi connectivity index (χ0) is 17.7. The minimum Gasteiger partial charge on any atom is -0.352 e. The molecular formula is C19H28ClN3O2. The number of carbonyl (C=O) groups excluding carboxylic acids is 2. The van der Waals surface area contributed by atoms with E-state index >= 15 is 0 Å². The van der Waals surface area contributed by atoms with Gasteiger partial charge in [-0.2, -0.15) is 0 Å². The monoisotopic (exact) mass is 365 g/mol. The van der Waals surface area contributed by atoms with Gasteiger partial charge in [0.15, 0.2) is 0 Å². The van der Waals surface area contributed by atoms with Crippen LogP contribution in [0.2, 0.25) is 0 Å². The molecule has 0 bridgehead atoms. The topological polar surface area (TPSA) is 75.4 Å².